The zero-order valence-electron chi connectivity index (χ0n) is 7.20. The number of carboxylic acids is 1. The van der Waals surface area contributed by atoms with Gasteiger partial charge in [-0.3, -0.25) is 0 Å². The second kappa shape index (κ2) is 5.29. The van der Waals surface area contributed by atoms with Gasteiger partial charge in [0.1, 0.15) is 10.1 Å². The molecule has 0 aliphatic rings. The van der Waals surface area contributed by atoms with E-state index in [9.17, 15) is 4.79 Å². The van der Waals surface area contributed by atoms with Crippen molar-refractivity contribution >= 4 is 47.2 Å². The maximum atomic E-state index is 10.8. The van der Waals surface area contributed by atoms with Crippen molar-refractivity contribution in [2.45, 2.75) is 0 Å². The van der Waals surface area contributed by atoms with E-state index in [4.69, 9.17) is 28.3 Å². The molecule has 0 atom stereocenters. The molecule has 0 aromatic carbocycles. The number of hydrogen-bond acceptors (Lipinski definition) is 1. The van der Waals surface area contributed by atoms with Crippen molar-refractivity contribution in [2.75, 3.05) is 0 Å². The van der Waals surface area contributed by atoms with Gasteiger partial charge >= 0.3 is 5.97 Å². The van der Waals surface area contributed by atoms with Gasteiger partial charge in [-0.25, -0.2) is 4.79 Å². The van der Waals surface area contributed by atoms with Gasteiger partial charge in [-0.15, -0.1) is 12.4 Å². The second-order valence-corrected chi connectivity index (χ2v) is 3.39. The molecule has 0 unspecified atom stereocenters. The summed E-state index contributed by atoms with van der Waals surface area (Å²) in [6, 6.07) is 3.35. The minimum Gasteiger partial charge on any atom is -0.478 e. The Labute approximate surface area is 97.3 Å². The fourth-order valence-electron chi connectivity index (χ4n) is 1.01. The van der Waals surface area contributed by atoms with Crippen LogP contribution >= 0.6 is 35.6 Å². The van der Waals surface area contributed by atoms with Gasteiger partial charge in [-0.2, -0.15) is 0 Å². The largest absolute Gasteiger partial charge is 0.478 e. The van der Waals surface area contributed by atoms with E-state index in [-0.39, 0.29) is 22.5 Å². The standard InChI is InChI=1S/C8H7Cl2NO2.ClH/c1-11-4-2-3-5(11)6(7(9)10)8(12)13;/h2-4H,1H3,(H,12,13);1H. The minimum absolute atomic E-state index is 0. The number of hydrogen-bond donors (Lipinski definition) is 1. The molecule has 0 bridgehead atoms. The Morgan fingerprint density at radius 2 is 2.07 bits per heavy atom. The van der Waals surface area contributed by atoms with Gasteiger partial charge < -0.3 is 9.67 Å². The quantitative estimate of drug-likeness (QED) is 0.827. The summed E-state index contributed by atoms with van der Waals surface area (Å²) in [4.78, 5) is 10.8. The van der Waals surface area contributed by atoms with Crippen molar-refractivity contribution in [1.82, 2.24) is 4.57 Å². The van der Waals surface area contributed by atoms with Crippen LogP contribution in [0.1, 0.15) is 5.69 Å². The van der Waals surface area contributed by atoms with E-state index in [1.807, 2.05) is 0 Å². The number of aryl methyl sites for hydroxylation is 1. The van der Waals surface area contributed by atoms with Crippen LogP contribution in [-0.2, 0) is 11.8 Å². The molecule has 0 amide bonds. The SMILES string of the molecule is Cl.Cn1cccc1C(C(=O)O)=C(Cl)Cl. The van der Waals surface area contributed by atoms with E-state index < -0.39 is 5.97 Å². The van der Waals surface area contributed by atoms with Crippen LogP contribution in [0.4, 0.5) is 0 Å². The zero-order valence-corrected chi connectivity index (χ0v) is 9.53. The molecule has 78 valence electrons. The smallest absolute Gasteiger partial charge is 0.340 e. The van der Waals surface area contributed by atoms with Crippen LogP contribution in [0.15, 0.2) is 22.8 Å². The van der Waals surface area contributed by atoms with Crippen LogP contribution in [0.2, 0.25) is 0 Å². The second-order valence-electron chi connectivity index (χ2n) is 2.44. The fraction of sp³-hybridized carbons (Fsp3) is 0.125. The summed E-state index contributed by atoms with van der Waals surface area (Å²) in [5, 5.41) is 8.80. The molecule has 0 aliphatic heterocycles. The lowest BCUT2D eigenvalue weighted by Gasteiger charge is -2.03. The first-order chi connectivity index (χ1) is 6.04. The first-order valence-electron chi connectivity index (χ1n) is 3.44. The molecule has 1 heterocycles. The highest BCUT2D eigenvalue weighted by molar-refractivity contribution is 6.61. The molecule has 14 heavy (non-hydrogen) atoms. The number of rotatable bonds is 2. The molecule has 0 spiro atoms. The predicted octanol–water partition coefficient (Wildman–Crippen LogP) is 2.68. The molecule has 0 aliphatic carbocycles. The first-order valence-corrected chi connectivity index (χ1v) is 4.20. The number of carboxylic acid groups (broad SMARTS) is 1. The van der Waals surface area contributed by atoms with E-state index in [1.54, 1.807) is 29.9 Å². The molecular weight excluding hydrogens is 248 g/mol. The molecule has 1 aromatic rings. The summed E-state index contributed by atoms with van der Waals surface area (Å²) in [5.74, 6) is -1.14. The van der Waals surface area contributed by atoms with Gasteiger partial charge in [0.25, 0.3) is 0 Å². The molecule has 6 heteroatoms. The lowest BCUT2D eigenvalue weighted by Crippen LogP contribution is -2.04. The average molecular weight is 257 g/mol. The summed E-state index contributed by atoms with van der Waals surface area (Å²) >= 11 is 10.9. The van der Waals surface area contributed by atoms with Gasteiger partial charge in [0, 0.05) is 13.2 Å². The monoisotopic (exact) mass is 255 g/mol. The topological polar surface area (TPSA) is 42.2 Å². The third-order valence-corrected chi connectivity index (χ3v) is 1.98. The average Bonchev–Trinajstić information content (AvgIpc) is 2.35. The number of halogens is 3. The summed E-state index contributed by atoms with van der Waals surface area (Å²) in [7, 11) is 1.72. The van der Waals surface area contributed by atoms with Crippen molar-refractivity contribution < 1.29 is 9.90 Å². The van der Waals surface area contributed by atoms with Crippen molar-refractivity contribution in [2.24, 2.45) is 7.05 Å². The van der Waals surface area contributed by atoms with Crippen LogP contribution in [-0.4, -0.2) is 15.6 Å². The summed E-state index contributed by atoms with van der Waals surface area (Å²) in [6.07, 6.45) is 1.72. The molecule has 0 radical (unpaired) electrons. The van der Waals surface area contributed by atoms with Crippen molar-refractivity contribution in [3.05, 3.63) is 28.5 Å². The number of aromatic nitrogens is 1. The fourth-order valence-corrected chi connectivity index (χ4v) is 1.36. The van der Waals surface area contributed by atoms with Crippen LogP contribution < -0.4 is 0 Å². The molecule has 1 N–H and O–H groups in total. The zero-order chi connectivity index (χ0) is 10.0. The lowest BCUT2D eigenvalue weighted by molar-refractivity contribution is -0.130. The third-order valence-electron chi connectivity index (χ3n) is 1.60. The summed E-state index contributed by atoms with van der Waals surface area (Å²) in [5.41, 5.74) is 0.392. The van der Waals surface area contributed by atoms with Crippen molar-refractivity contribution in [3.63, 3.8) is 0 Å². The van der Waals surface area contributed by atoms with Crippen molar-refractivity contribution in [3.8, 4) is 0 Å². The van der Waals surface area contributed by atoms with E-state index >= 15 is 0 Å². The Hall–Kier alpha value is -0.640. The summed E-state index contributed by atoms with van der Waals surface area (Å²) < 4.78 is 1.39. The molecule has 1 aromatic heterocycles. The van der Waals surface area contributed by atoms with Gasteiger partial charge in [-0.1, -0.05) is 23.2 Å². The Bertz CT molecular complexity index is 366. The third kappa shape index (κ3) is 2.67. The van der Waals surface area contributed by atoms with E-state index in [0.29, 0.717) is 5.69 Å². The molecule has 3 nitrogen and oxygen atoms in total. The first kappa shape index (κ1) is 13.4. The number of aliphatic carboxylic acids is 1. The van der Waals surface area contributed by atoms with E-state index in [0.717, 1.165) is 0 Å². The maximum Gasteiger partial charge on any atom is 0.340 e. The van der Waals surface area contributed by atoms with Crippen LogP contribution in [0.5, 0.6) is 0 Å². The highest BCUT2D eigenvalue weighted by Gasteiger charge is 2.16. The van der Waals surface area contributed by atoms with Gasteiger partial charge in [0.2, 0.25) is 0 Å². The minimum atomic E-state index is -1.14. The Balaban J connectivity index is 0.00000169. The van der Waals surface area contributed by atoms with Crippen LogP contribution in [0, 0.1) is 0 Å². The molecular formula is C8H8Cl3NO2. The van der Waals surface area contributed by atoms with E-state index in [1.165, 1.54) is 0 Å². The molecule has 0 saturated carbocycles. The van der Waals surface area contributed by atoms with Crippen LogP contribution in [0.25, 0.3) is 5.57 Å². The molecule has 0 fully saturated rings. The van der Waals surface area contributed by atoms with E-state index in [2.05, 4.69) is 0 Å². The highest BCUT2D eigenvalue weighted by Crippen LogP contribution is 2.24. The normalized spacial score (nSPS) is 9.07. The Morgan fingerprint density at radius 1 is 1.50 bits per heavy atom. The van der Waals surface area contributed by atoms with Gasteiger partial charge in [0.05, 0.1) is 5.69 Å². The lowest BCUT2D eigenvalue weighted by atomic mass is 10.2. The number of nitrogens with zero attached hydrogens (tertiary/aromatic N) is 1. The predicted molar refractivity (Wildman–Crippen MR) is 58.9 cm³/mol. The van der Waals surface area contributed by atoms with Gasteiger partial charge in [0.15, 0.2) is 0 Å². The Kier molecular flexibility index (Phi) is 5.05. The van der Waals surface area contributed by atoms with Gasteiger partial charge in [-0.05, 0) is 12.1 Å². The number of carbonyl (C=O) groups is 1. The molecule has 0 saturated heterocycles. The van der Waals surface area contributed by atoms with Crippen molar-refractivity contribution in [1.29, 1.82) is 0 Å². The Morgan fingerprint density at radius 3 is 2.36 bits per heavy atom. The maximum absolute atomic E-state index is 10.8. The highest BCUT2D eigenvalue weighted by atomic mass is 35.5. The summed E-state index contributed by atoms with van der Waals surface area (Å²) in [6.45, 7) is 0. The van der Waals surface area contributed by atoms with Crippen LogP contribution in [0.3, 0.4) is 0 Å². The molecule has 1 rings (SSSR count).